The molecule has 1 aliphatic heterocycles. The third-order valence-corrected chi connectivity index (χ3v) is 5.77. The molecular formula is C22H23FN4S. The molecule has 0 radical (unpaired) electrons. The van der Waals surface area contributed by atoms with Crippen molar-refractivity contribution < 1.29 is 4.39 Å². The van der Waals surface area contributed by atoms with Gasteiger partial charge in [0.25, 0.3) is 0 Å². The largest absolute Gasteiger partial charge is 0.352 e. The molecule has 0 aliphatic carbocycles. The topological polar surface area (TPSA) is 33.1 Å². The van der Waals surface area contributed by atoms with Gasteiger partial charge in [-0.25, -0.2) is 4.39 Å². The van der Waals surface area contributed by atoms with E-state index in [1.165, 1.54) is 6.07 Å². The van der Waals surface area contributed by atoms with Gasteiger partial charge >= 0.3 is 0 Å². The van der Waals surface area contributed by atoms with Crippen molar-refractivity contribution >= 4 is 17.3 Å². The number of hydrogen-bond acceptors (Lipinski definition) is 2. The molecule has 144 valence electrons. The number of halogens is 1. The molecule has 3 aromatic rings. The van der Waals surface area contributed by atoms with E-state index in [4.69, 9.17) is 12.2 Å². The van der Waals surface area contributed by atoms with Gasteiger partial charge in [-0.1, -0.05) is 18.2 Å². The first kappa shape index (κ1) is 18.6. The van der Waals surface area contributed by atoms with Gasteiger partial charge in [-0.05, 0) is 68.9 Å². The number of thiocarbonyl (C=S) groups is 1. The third-order valence-electron chi connectivity index (χ3n) is 5.42. The zero-order chi connectivity index (χ0) is 19.8. The molecule has 1 saturated heterocycles. The zero-order valence-electron chi connectivity index (χ0n) is 16.2. The maximum absolute atomic E-state index is 14.5. The van der Waals surface area contributed by atoms with Crippen LogP contribution in [0.5, 0.6) is 0 Å². The Morgan fingerprint density at radius 2 is 1.89 bits per heavy atom. The minimum atomic E-state index is -0.232. The van der Waals surface area contributed by atoms with Crippen LogP contribution < -0.4 is 5.32 Å². The monoisotopic (exact) mass is 394 g/mol. The van der Waals surface area contributed by atoms with Crippen LogP contribution in [0.25, 0.3) is 5.69 Å². The van der Waals surface area contributed by atoms with E-state index < -0.39 is 0 Å². The smallest absolute Gasteiger partial charge is 0.170 e. The number of para-hydroxylation sites is 1. The van der Waals surface area contributed by atoms with Gasteiger partial charge in [-0.2, -0.15) is 0 Å². The van der Waals surface area contributed by atoms with Crippen LogP contribution in [0.3, 0.4) is 0 Å². The van der Waals surface area contributed by atoms with Crippen LogP contribution in [-0.4, -0.2) is 26.1 Å². The molecule has 1 N–H and O–H groups in total. The molecule has 3 heterocycles. The molecule has 0 amide bonds. The number of likely N-dealkylation sites (N-methyl/N-ethyl adjacent to an activating group) is 1. The van der Waals surface area contributed by atoms with Crippen molar-refractivity contribution in [2.24, 2.45) is 0 Å². The van der Waals surface area contributed by atoms with Gasteiger partial charge in [0.05, 0.1) is 23.5 Å². The summed E-state index contributed by atoms with van der Waals surface area (Å²) in [6, 6.07) is 14.9. The number of rotatable bonds is 4. The number of nitrogens with one attached hydrogen (secondary N) is 1. The van der Waals surface area contributed by atoms with Crippen LogP contribution in [-0.2, 0) is 0 Å². The van der Waals surface area contributed by atoms with Crippen molar-refractivity contribution in [3.05, 3.63) is 83.2 Å². The van der Waals surface area contributed by atoms with Crippen LogP contribution in [0.15, 0.2) is 54.7 Å². The van der Waals surface area contributed by atoms with E-state index in [9.17, 15) is 4.39 Å². The number of benzene rings is 1. The van der Waals surface area contributed by atoms with Gasteiger partial charge in [0.15, 0.2) is 5.11 Å². The van der Waals surface area contributed by atoms with Crippen molar-refractivity contribution in [3.63, 3.8) is 0 Å². The fraction of sp³-hybridized carbons (Fsp3) is 0.273. The number of pyridine rings is 1. The Labute approximate surface area is 170 Å². The standard InChI is InChI=1S/C22H23FN4S/c1-4-26-21(20(25-22(26)28)18-10-7-8-12-24-18)16-13-14(2)27(15(16)3)19-11-6-5-9-17(19)23/h5-13,20-21H,4H2,1-3H3,(H,25,28). The van der Waals surface area contributed by atoms with Gasteiger partial charge in [0.1, 0.15) is 5.82 Å². The van der Waals surface area contributed by atoms with Crippen molar-refractivity contribution in [1.29, 1.82) is 0 Å². The van der Waals surface area contributed by atoms with E-state index in [0.29, 0.717) is 5.69 Å². The molecule has 4 rings (SSSR count). The molecule has 1 aliphatic rings. The lowest BCUT2D eigenvalue weighted by molar-refractivity contribution is 0.329. The van der Waals surface area contributed by atoms with E-state index in [1.807, 2.05) is 48.7 Å². The van der Waals surface area contributed by atoms with E-state index in [-0.39, 0.29) is 17.9 Å². The predicted octanol–water partition coefficient (Wildman–Crippen LogP) is 4.62. The molecular weight excluding hydrogens is 371 g/mol. The Morgan fingerprint density at radius 3 is 2.57 bits per heavy atom. The third kappa shape index (κ3) is 2.98. The molecule has 0 bridgehead atoms. The summed E-state index contributed by atoms with van der Waals surface area (Å²) in [4.78, 5) is 6.74. The molecule has 28 heavy (non-hydrogen) atoms. The summed E-state index contributed by atoms with van der Waals surface area (Å²) in [5.74, 6) is -0.232. The minimum Gasteiger partial charge on any atom is -0.352 e. The summed E-state index contributed by atoms with van der Waals surface area (Å²) in [5.41, 5.74) is 4.64. The molecule has 1 aromatic carbocycles. The Balaban J connectivity index is 1.85. The Kier molecular flexibility index (Phi) is 4.89. The molecule has 6 heteroatoms. The maximum atomic E-state index is 14.5. The van der Waals surface area contributed by atoms with Gasteiger partial charge in [0, 0.05) is 24.1 Å². The maximum Gasteiger partial charge on any atom is 0.170 e. The number of aryl methyl sites for hydroxylation is 1. The normalized spacial score (nSPS) is 19.1. The molecule has 1 fully saturated rings. The Bertz CT molecular complexity index is 1010. The lowest BCUT2D eigenvalue weighted by Crippen LogP contribution is -2.29. The van der Waals surface area contributed by atoms with Gasteiger partial charge < -0.3 is 14.8 Å². The van der Waals surface area contributed by atoms with Crippen LogP contribution in [0.1, 0.15) is 41.7 Å². The van der Waals surface area contributed by atoms with Gasteiger partial charge in [-0.3, -0.25) is 4.98 Å². The first-order valence-electron chi connectivity index (χ1n) is 9.44. The van der Waals surface area contributed by atoms with Crippen LogP contribution >= 0.6 is 12.2 Å². The predicted molar refractivity (Wildman–Crippen MR) is 113 cm³/mol. The SMILES string of the molecule is CCN1C(=S)NC(c2ccccn2)C1c1cc(C)n(-c2ccccc2F)c1C. The second-order valence-corrected chi connectivity index (χ2v) is 7.41. The van der Waals surface area contributed by atoms with Crippen LogP contribution in [0, 0.1) is 19.7 Å². The summed E-state index contributed by atoms with van der Waals surface area (Å²) in [5, 5.41) is 4.16. The first-order chi connectivity index (χ1) is 13.5. The highest BCUT2D eigenvalue weighted by molar-refractivity contribution is 7.80. The Hall–Kier alpha value is -2.73. The van der Waals surface area contributed by atoms with E-state index >= 15 is 0 Å². The summed E-state index contributed by atoms with van der Waals surface area (Å²) < 4.78 is 16.5. The summed E-state index contributed by atoms with van der Waals surface area (Å²) in [7, 11) is 0. The first-order valence-corrected chi connectivity index (χ1v) is 9.85. The number of nitrogens with zero attached hydrogens (tertiary/aromatic N) is 3. The second kappa shape index (κ2) is 7.36. The Morgan fingerprint density at radius 1 is 1.14 bits per heavy atom. The van der Waals surface area contributed by atoms with Crippen molar-refractivity contribution in [2.45, 2.75) is 32.9 Å². The fourth-order valence-corrected chi connectivity index (χ4v) is 4.54. The molecule has 0 spiro atoms. The average molecular weight is 395 g/mol. The van der Waals surface area contributed by atoms with Crippen molar-refractivity contribution in [3.8, 4) is 5.69 Å². The van der Waals surface area contributed by atoms with Crippen molar-refractivity contribution in [2.75, 3.05) is 6.54 Å². The van der Waals surface area contributed by atoms with E-state index in [1.54, 1.807) is 12.3 Å². The fourth-order valence-electron chi connectivity index (χ4n) is 4.18. The minimum absolute atomic E-state index is 0.000812. The summed E-state index contributed by atoms with van der Waals surface area (Å²) >= 11 is 5.61. The van der Waals surface area contributed by atoms with Gasteiger partial charge in [0.2, 0.25) is 0 Å². The summed E-state index contributed by atoms with van der Waals surface area (Å²) in [6.07, 6.45) is 1.80. The highest BCUT2D eigenvalue weighted by Gasteiger charge is 2.40. The van der Waals surface area contributed by atoms with Gasteiger partial charge in [-0.15, -0.1) is 0 Å². The molecule has 2 unspecified atom stereocenters. The van der Waals surface area contributed by atoms with E-state index in [0.717, 1.165) is 34.3 Å². The highest BCUT2D eigenvalue weighted by Crippen LogP contribution is 2.41. The highest BCUT2D eigenvalue weighted by atomic mass is 32.1. The number of hydrogen-bond donors (Lipinski definition) is 1. The summed E-state index contributed by atoms with van der Waals surface area (Å²) in [6.45, 7) is 6.93. The number of aromatic nitrogens is 2. The van der Waals surface area contributed by atoms with E-state index in [2.05, 4.69) is 28.2 Å². The lowest BCUT2D eigenvalue weighted by Gasteiger charge is -2.27. The van der Waals surface area contributed by atoms with Crippen LogP contribution in [0.4, 0.5) is 4.39 Å². The quantitative estimate of drug-likeness (QED) is 0.655. The second-order valence-electron chi connectivity index (χ2n) is 7.03. The molecule has 4 nitrogen and oxygen atoms in total. The lowest BCUT2D eigenvalue weighted by atomic mass is 9.97. The van der Waals surface area contributed by atoms with Crippen molar-refractivity contribution in [1.82, 2.24) is 19.8 Å². The average Bonchev–Trinajstić information content (AvgIpc) is 3.18. The van der Waals surface area contributed by atoms with Crippen LogP contribution in [0.2, 0.25) is 0 Å². The molecule has 2 aromatic heterocycles. The molecule has 0 saturated carbocycles. The zero-order valence-corrected chi connectivity index (χ0v) is 17.0. The molecule has 2 atom stereocenters.